The highest BCUT2D eigenvalue weighted by Crippen LogP contribution is 2.54. The van der Waals surface area contributed by atoms with E-state index in [1.54, 1.807) is 5.56 Å². The van der Waals surface area contributed by atoms with E-state index in [2.05, 4.69) is 71.1 Å². The average Bonchev–Trinajstić information content (AvgIpc) is 2.30. The fourth-order valence-electron chi connectivity index (χ4n) is 3.55. The predicted molar refractivity (Wildman–Crippen MR) is 92.7 cm³/mol. The molecule has 118 valence electrons. The minimum Gasteiger partial charge on any atom is -0.316 e. The molecule has 0 spiro atoms. The summed E-state index contributed by atoms with van der Waals surface area (Å²) in [6.45, 7) is 16.2. The van der Waals surface area contributed by atoms with Gasteiger partial charge < -0.3 is 5.32 Å². The molecule has 0 saturated heterocycles. The van der Waals surface area contributed by atoms with Gasteiger partial charge in [-0.05, 0) is 49.1 Å². The maximum atomic E-state index is 3.72. The van der Waals surface area contributed by atoms with Gasteiger partial charge in [-0.25, -0.2) is 0 Å². The number of benzene rings is 1. The molecular formula is C20H33N. The van der Waals surface area contributed by atoms with Crippen molar-refractivity contribution in [3.8, 4) is 0 Å². The Balaban J connectivity index is 2.13. The van der Waals surface area contributed by atoms with Crippen molar-refractivity contribution >= 4 is 0 Å². The van der Waals surface area contributed by atoms with Crippen LogP contribution >= 0.6 is 0 Å². The molecule has 1 fully saturated rings. The molecule has 0 aliphatic heterocycles. The first-order valence-corrected chi connectivity index (χ1v) is 8.51. The van der Waals surface area contributed by atoms with Crippen LogP contribution in [-0.2, 0) is 5.41 Å². The van der Waals surface area contributed by atoms with E-state index in [-0.39, 0.29) is 0 Å². The largest absolute Gasteiger partial charge is 0.316 e. The second-order valence-corrected chi connectivity index (χ2v) is 8.65. The summed E-state index contributed by atoms with van der Waals surface area (Å²) in [4.78, 5) is 0. The van der Waals surface area contributed by atoms with Gasteiger partial charge in [-0.15, -0.1) is 0 Å². The zero-order chi connectivity index (χ0) is 15.7. The molecule has 1 N–H and O–H groups in total. The van der Waals surface area contributed by atoms with E-state index in [1.165, 1.54) is 18.4 Å². The van der Waals surface area contributed by atoms with Crippen LogP contribution in [0.5, 0.6) is 0 Å². The van der Waals surface area contributed by atoms with Gasteiger partial charge in [0.2, 0.25) is 0 Å². The van der Waals surface area contributed by atoms with Gasteiger partial charge in [-0.1, -0.05) is 64.4 Å². The van der Waals surface area contributed by atoms with Crippen molar-refractivity contribution in [3.05, 3.63) is 35.4 Å². The normalized spacial score (nSPS) is 26.0. The van der Waals surface area contributed by atoms with Crippen molar-refractivity contribution in [2.75, 3.05) is 13.1 Å². The lowest BCUT2D eigenvalue weighted by atomic mass is 9.52. The zero-order valence-electron chi connectivity index (χ0n) is 14.8. The average molecular weight is 287 g/mol. The first-order chi connectivity index (χ1) is 9.73. The van der Waals surface area contributed by atoms with Gasteiger partial charge >= 0.3 is 0 Å². The van der Waals surface area contributed by atoms with Crippen LogP contribution in [0.2, 0.25) is 0 Å². The third-order valence-electron chi connectivity index (χ3n) is 5.15. The summed E-state index contributed by atoms with van der Waals surface area (Å²) in [6.07, 6.45) is 2.65. The standard InChI is InChI=1S/C20H33N/c1-15(2)13-21-14-20(11-18(12-20)19(4,5)6)17-9-7-8-16(3)10-17/h7-10,15,18,21H,11-14H2,1-6H3. The molecule has 0 heterocycles. The van der Waals surface area contributed by atoms with Crippen LogP contribution in [0.25, 0.3) is 0 Å². The topological polar surface area (TPSA) is 12.0 Å². The van der Waals surface area contributed by atoms with Gasteiger partial charge in [-0.2, -0.15) is 0 Å². The second kappa shape index (κ2) is 6.12. The summed E-state index contributed by atoms with van der Waals surface area (Å²) in [7, 11) is 0. The molecule has 0 amide bonds. The number of hydrogen-bond donors (Lipinski definition) is 1. The Bertz CT molecular complexity index is 461. The van der Waals surface area contributed by atoms with Gasteiger partial charge in [0, 0.05) is 12.0 Å². The van der Waals surface area contributed by atoms with E-state index in [4.69, 9.17) is 0 Å². The van der Waals surface area contributed by atoms with Gasteiger partial charge in [0.1, 0.15) is 0 Å². The smallest absolute Gasteiger partial charge is 0.00835 e. The lowest BCUT2D eigenvalue weighted by Gasteiger charge is -2.53. The van der Waals surface area contributed by atoms with Gasteiger partial charge in [0.25, 0.3) is 0 Å². The fourth-order valence-corrected chi connectivity index (χ4v) is 3.55. The molecular weight excluding hydrogens is 254 g/mol. The molecule has 1 aliphatic rings. The highest BCUT2D eigenvalue weighted by Gasteiger charge is 2.49. The zero-order valence-corrected chi connectivity index (χ0v) is 14.8. The van der Waals surface area contributed by atoms with Gasteiger partial charge in [0.15, 0.2) is 0 Å². The summed E-state index contributed by atoms with van der Waals surface area (Å²) in [5.41, 5.74) is 3.72. The maximum Gasteiger partial charge on any atom is 0.00835 e. The van der Waals surface area contributed by atoms with Crippen LogP contribution in [0.15, 0.2) is 24.3 Å². The highest BCUT2D eigenvalue weighted by atomic mass is 14.9. The summed E-state index contributed by atoms with van der Waals surface area (Å²) in [5.74, 6) is 1.57. The second-order valence-electron chi connectivity index (χ2n) is 8.65. The highest BCUT2D eigenvalue weighted by molar-refractivity contribution is 5.33. The Labute approximate surface area is 131 Å². The van der Waals surface area contributed by atoms with E-state index in [9.17, 15) is 0 Å². The summed E-state index contributed by atoms with van der Waals surface area (Å²) < 4.78 is 0. The van der Waals surface area contributed by atoms with Crippen molar-refractivity contribution < 1.29 is 0 Å². The summed E-state index contributed by atoms with van der Waals surface area (Å²) >= 11 is 0. The molecule has 0 radical (unpaired) electrons. The molecule has 2 rings (SSSR count). The minimum atomic E-state index is 0.360. The van der Waals surface area contributed by atoms with E-state index in [0.717, 1.165) is 24.9 Å². The number of aryl methyl sites for hydroxylation is 1. The monoisotopic (exact) mass is 287 g/mol. The van der Waals surface area contributed by atoms with Crippen molar-refractivity contribution in [2.24, 2.45) is 17.3 Å². The molecule has 1 saturated carbocycles. The van der Waals surface area contributed by atoms with Crippen molar-refractivity contribution in [1.29, 1.82) is 0 Å². The third kappa shape index (κ3) is 3.88. The molecule has 0 unspecified atom stereocenters. The Morgan fingerprint density at radius 2 is 1.90 bits per heavy atom. The number of rotatable bonds is 5. The van der Waals surface area contributed by atoms with E-state index in [0.29, 0.717) is 10.8 Å². The van der Waals surface area contributed by atoms with Crippen LogP contribution in [0, 0.1) is 24.2 Å². The van der Waals surface area contributed by atoms with Crippen LogP contribution in [-0.4, -0.2) is 13.1 Å². The Morgan fingerprint density at radius 1 is 1.24 bits per heavy atom. The molecule has 1 heteroatoms. The number of hydrogen-bond acceptors (Lipinski definition) is 1. The molecule has 1 aliphatic carbocycles. The fraction of sp³-hybridized carbons (Fsp3) is 0.700. The molecule has 0 bridgehead atoms. The molecule has 1 nitrogen and oxygen atoms in total. The SMILES string of the molecule is Cc1cccc(C2(CNCC(C)C)CC(C(C)(C)C)C2)c1. The molecule has 1 aromatic carbocycles. The summed E-state index contributed by atoms with van der Waals surface area (Å²) in [5, 5.41) is 3.72. The Hall–Kier alpha value is -0.820. The Morgan fingerprint density at radius 3 is 2.43 bits per heavy atom. The predicted octanol–water partition coefficient (Wildman–Crippen LogP) is 4.93. The molecule has 21 heavy (non-hydrogen) atoms. The Kier molecular flexibility index (Phi) is 4.82. The van der Waals surface area contributed by atoms with Crippen molar-refractivity contribution in [1.82, 2.24) is 5.32 Å². The van der Waals surface area contributed by atoms with E-state index < -0.39 is 0 Å². The number of nitrogens with one attached hydrogen (secondary N) is 1. The maximum absolute atomic E-state index is 3.72. The lowest BCUT2D eigenvalue weighted by Crippen LogP contribution is -2.52. The molecule has 0 aromatic heterocycles. The molecule has 1 aromatic rings. The van der Waals surface area contributed by atoms with Crippen LogP contribution in [0.1, 0.15) is 58.6 Å². The quantitative estimate of drug-likeness (QED) is 0.809. The van der Waals surface area contributed by atoms with E-state index in [1.807, 2.05) is 0 Å². The van der Waals surface area contributed by atoms with Gasteiger partial charge in [-0.3, -0.25) is 0 Å². The minimum absolute atomic E-state index is 0.360. The van der Waals surface area contributed by atoms with Crippen molar-refractivity contribution in [3.63, 3.8) is 0 Å². The lowest BCUT2D eigenvalue weighted by molar-refractivity contribution is 0.0445. The van der Waals surface area contributed by atoms with Gasteiger partial charge in [0.05, 0.1) is 0 Å². The van der Waals surface area contributed by atoms with E-state index >= 15 is 0 Å². The summed E-state index contributed by atoms with van der Waals surface area (Å²) in [6, 6.07) is 9.16. The molecule has 0 atom stereocenters. The third-order valence-corrected chi connectivity index (χ3v) is 5.15. The van der Waals surface area contributed by atoms with Crippen LogP contribution in [0.3, 0.4) is 0 Å². The van der Waals surface area contributed by atoms with Crippen LogP contribution in [0.4, 0.5) is 0 Å². The van der Waals surface area contributed by atoms with Crippen LogP contribution < -0.4 is 5.32 Å². The van der Waals surface area contributed by atoms with Crippen molar-refractivity contribution in [2.45, 2.75) is 59.8 Å². The first-order valence-electron chi connectivity index (χ1n) is 8.51. The first kappa shape index (κ1) is 16.5.